The van der Waals surface area contributed by atoms with Gasteiger partial charge in [0.1, 0.15) is 11.6 Å². The molecule has 2 aromatic carbocycles. The van der Waals surface area contributed by atoms with E-state index < -0.39 is 28.9 Å². The van der Waals surface area contributed by atoms with Gasteiger partial charge in [-0.25, -0.2) is 4.39 Å². The number of carbonyl (C=O) groups is 2. The van der Waals surface area contributed by atoms with Gasteiger partial charge in [-0.3, -0.25) is 19.7 Å². The molecule has 26 heavy (non-hydrogen) atoms. The van der Waals surface area contributed by atoms with Crippen LogP contribution in [0.5, 0.6) is 5.75 Å². The maximum absolute atomic E-state index is 13.7. The van der Waals surface area contributed by atoms with Gasteiger partial charge in [-0.2, -0.15) is 0 Å². The lowest BCUT2D eigenvalue weighted by atomic mass is 10.1. The minimum Gasteiger partial charge on any atom is -0.497 e. The molecule has 0 aromatic heterocycles. The third-order valence-corrected chi connectivity index (χ3v) is 3.70. The topological polar surface area (TPSA) is 98.5 Å². The number of hydrogen-bond donors (Lipinski definition) is 1. The van der Waals surface area contributed by atoms with E-state index in [2.05, 4.69) is 5.32 Å². The number of methoxy groups -OCH3 is 1. The van der Waals surface area contributed by atoms with E-state index in [1.54, 1.807) is 19.2 Å². The minimum atomic E-state index is -0.862. The summed E-state index contributed by atoms with van der Waals surface area (Å²) in [6.45, 7) is 0.230. The molecule has 2 rings (SSSR count). The molecule has 0 fully saturated rings. The van der Waals surface area contributed by atoms with Crippen LogP contribution in [0.2, 0.25) is 0 Å². The highest BCUT2D eigenvalue weighted by atomic mass is 19.1. The zero-order valence-corrected chi connectivity index (χ0v) is 14.0. The lowest BCUT2D eigenvalue weighted by Crippen LogP contribution is -2.33. The van der Waals surface area contributed by atoms with Crippen molar-refractivity contribution in [3.8, 4) is 5.75 Å². The minimum absolute atomic E-state index is 0.186. The second-order valence-electron chi connectivity index (χ2n) is 5.49. The molecule has 0 saturated carbocycles. The molecular formula is C18H17FN2O5. The second-order valence-corrected chi connectivity index (χ2v) is 5.49. The summed E-state index contributed by atoms with van der Waals surface area (Å²) in [5.41, 5.74) is 0.423. The highest BCUT2D eigenvalue weighted by molar-refractivity contribution is 6.36. The fourth-order valence-corrected chi connectivity index (χ4v) is 2.27. The van der Waals surface area contributed by atoms with Gasteiger partial charge in [0.15, 0.2) is 0 Å². The first-order valence-corrected chi connectivity index (χ1v) is 7.77. The summed E-state index contributed by atoms with van der Waals surface area (Å²) < 4.78 is 18.7. The Morgan fingerprint density at radius 3 is 2.50 bits per heavy atom. The molecule has 1 amide bonds. The van der Waals surface area contributed by atoms with Gasteiger partial charge in [0, 0.05) is 30.7 Å². The largest absolute Gasteiger partial charge is 0.497 e. The third kappa shape index (κ3) is 5.10. The van der Waals surface area contributed by atoms with Gasteiger partial charge in [-0.05, 0) is 30.2 Å². The fraction of sp³-hybridized carbons (Fsp3) is 0.222. The van der Waals surface area contributed by atoms with E-state index in [0.717, 1.165) is 23.8 Å². The van der Waals surface area contributed by atoms with Crippen molar-refractivity contribution >= 4 is 17.4 Å². The predicted octanol–water partition coefficient (Wildman–Crippen LogP) is 2.21. The van der Waals surface area contributed by atoms with Crippen LogP contribution in [0.25, 0.3) is 0 Å². The Labute approximate surface area is 148 Å². The molecular weight excluding hydrogens is 343 g/mol. The second kappa shape index (κ2) is 8.70. The number of amides is 1. The van der Waals surface area contributed by atoms with Gasteiger partial charge in [0.25, 0.3) is 11.6 Å². The average Bonchev–Trinajstić information content (AvgIpc) is 2.63. The molecule has 7 nitrogen and oxygen atoms in total. The molecule has 1 N–H and O–H groups in total. The van der Waals surface area contributed by atoms with E-state index in [0.29, 0.717) is 12.2 Å². The van der Waals surface area contributed by atoms with Crippen molar-refractivity contribution in [2.24, 2.45) is 0 Å². The van der Waals surface area contributed by atoms with Crippen molar-refractivity contribution in [2.45, 2.75) is 12.8 Å². The number of non-ortho nitro benzene ring substituents is 1. The summed E-state index contributed by atoms with van der Waals surface area (Å²) in [6, 6.07) is 10.1. The van der Waals surface area contributed by atoms with Crippen molar-refractivity contribution in [1.82, 2.24) is 5.32 Å². The average molecular weight is 360 g/mol. The maximum atomic E-state index is 13.7. The fourth-order valence-electron chi connectivity index (χ4n) is 2.27. The van der Waals surface area contributed by atoms with Gasteiger partial charge < -0.3 is 10.1 Å². The first kappa shape index (κ1) is 19.0. The Kier molecular flexibility index (Phi) is 6.37. The van der Waals surface area contributed by atoms with E-state index >= 15 is 0 Å². The lowest BCUT2D eigenvalue weighted by Gasteiger charge is -2.06. The number of nitrogens with zero attached hydrogens (tertiary/aromatic N) is 1. The molecule has 0 unspecified atom stereocenters. The molecule has 0 heterocycles. The van der Waals surface area contributed by atoms with Gasteiger partial charge in [-0.15, -0.1) is 0 Å². The molecule has 8 heteroatoms. The number of Topliss-reactive ketones (excluding diaryl/α,β-unsaturated/α-hetero) is 1. The molecule has 0 atom stereocenters. The van der Waals surface area contributed by atoms with E-state index in [9.17, 15) is 24.1 Å². The standard InChI is InChI=1S/C18H17FN2O5/c1-26-15-5-2-12(3-6-15)8-9-20-18(23)17(22)11-13-10-14(21(24)25)4-7-16(13)19/h2-7,10H,8-9,11H2,1H3,(H,20,23). The zero-order chi connectivity index (χ0) is 19.1. The van der Waals surface area contributed by atoms with Crippen LogP contribution in [0.15, 0.2) is 42.5 Å². The van der Waals surface area contributed by atoms with E-state index in [1.807, 2.05) is 12.1 Å². The molecule has 0 saturated heterocycles. The van der Waals surface area contributed by atoms with E-state index in [1.165, 1.54) is 0 Å². The van der Waals surface area contributed by atoms with E-state index in [-0.39, 0.29) is 17.8 Å². The SMILES string of the molecule is COc1ccc(CCNC(=O)C(=O)Cc2cc([N+](=O)[O-])ccc2F)cc1. The van der Waals surface area contributed by atoms with Crippen LogP contribution in [-0.4, -0.2) is 30.3 Å². The number of hydrogen-bond acceptors (Lipinski definition) is 5. The van der Waals surface area contributed by atoms with Crippen LogP contribution in [-0.2, 0) is 22.4 Å². The van der Waals surface area contributed by atoms with Crippen molar-refractivity contribution in [3.63, 3.8) is 0 Å². The Balaban J connectivity index is 1.88. The summed E-state index contributed by atoms with van der Waals surface area (Å²) >= 11 is 0. The summed E-state index contributed by atoms with van der Waals surface area (Å²) in [5, 5.41) is 13.2. The number of carbonyl (C=O) groups excluding carboxylic acids is 2. The van der Waals surface area contributed by atoms with Gasteiger partial charge in [0.05, 0.1) is 12.0 Å². The number of nitrogens with one attached hydrogen (secondary N) is 1. The molecule has 2 aromatic rings. The molecule has 0 aliphatic heterocycles. The molecule has 0 bridgehead atoms. The Morgan fingerprint density at radius 1 is 1.19 bits per heavy atom. The molecule has 0 aliphatic carbocycles. The Bertz CT molecular complexity index is 821. The molecule has 0 aliphatic rings. The number of ether oxygens (including phenoxy) is 1. The number of halogens is 1. The highest BCUT2D eigenvalue weighted by Crippen LogP contribution is 2.17. The van der Waals surface area contributed by atoms with Crippen LogP contribution in [0, 0.1) is 15.9 Å². The number of ketones is 1. The Morgan fingerprint density at radius 2 is 1.88 bits per heavy atom. The van der Waals surface area contributed by atoms with Gasteiger partial charge in [-0.1, -0.05) is 12.1 Å². The van der Waals surface area contributed by atoms with Crippen molar-refractivity contribution in [2.75, 3.05) is 13.7 Å². The van der Waals surface area contributed by atoms with Gasteiger partial charge in [0.2, 0.25) is 5.78 Å². The van der Waals surface area contributed by atoms with Crippen LogP contribution >= 0.6 is 0 Å². The zero-order valence-electron chi connectivity index (χ0n) is 14.0. The van der Waals surface area contributed by atoms with Gasteiger partial charge >= 0.3 is 0 Å². The summed E-state index contributed by atoms with van der Waals surface area (Å²) in [4.78, 5) is 33.8. The summed E-state index contributed by atoms with van der Waals surface area (Å²) in [7, 11) is 1.56. The normalized spacial score (nSPS) is 10.2. The summed E-state index contributed by atoms with van der Waals surface area (Å²) in [5.74, 6) is -1.77. The monoisotopic (exact) mass is 360 g/mol. The van der Waals surface area contributed by atoms with Crippen LogP contribution < -0.4 is 10.1 Å². The summed E-state index contributed by atoms with van der Waals surface area (Å²) in [6.07, 6.45) is -0.0317. The van der Waals surface area contributed by atoms with Crippen molar-refractivity contribution in [3.05, 3.63) is 69.5 Å². The lowest BCUT2D eigenvalue weighted by molar-refractivity contribution is -0.385. The maximum Gasteiger partial charge on any atom is 0.287 e. The number of benzene rings is 2. The third-order valence-electron chi connectivity index (χ3n) is 3.70. The van der Waals surface area contributed by atoms with Crippen LogP contribution in [0.4, 0.5) is 10.1 Å². The van der Waals surface area contributed by atoms with Crippen molar-refractivity contribution in [1.29, 1.82) is 0 Å². The highest BCUT2D eigenvalue weighted by Gasteiger charge is 2.18. The Hall–Kier alpha value is -3.29. The number of nitro benzene ring substituents is 1. The molecule has 0 radical (unpaired) electrons. The smallest absolute Gasteiger partial charge is 0.287 e. The van der Waals surface area contributed by atoms with Crippen LogP contribution in [0.3, 0.4) is 0 Å². The quantitative estimate of drug-likeness (QED) is 0.442. The number of nitro groups is 1. The molecule has 136 valence electrons. The first-order valence-electron chi connectivity index (χ1n) is 7.77. The first-order chi connectivity index (χ1) is 12.4. The molecule has 0 spiro atoms. The van der Waals surface area contributed by atoms with E-state index in [4.69, 9.17) is 4.74 Å². The number of rotatable bonds is 8. The van der Waals surface area contributed by atoms with Crippen LogP contribution in [0.1, 0.15) is 11.1 Å². The predicted molar refractivity (Wildman–Crippen MR) is 91.5 cm³/mol. The van der Waals surface area contributed by atoms with Crippen molar-refractivity contribution < 1.29 is 23.6 Å².